The molecule has 192 valence electrons. The fourth-order valence-electron chi connectivity index (χ4n) is 4.85. The largest absolute Gasteiger partial charge is 0.321 e. The van der Waals surface area contributed by atoms with E-state index in [0.717, 1.165) is 10.8 Å². The Labute approximate surface area is 230 Å². The second-order valence-electron chi connectivity index (χ2n) is 9.18. The third kappa shape index (κ3) is 4.46. The van der Waals surface area contributed by atoms with E-state index in [4.69, 9.17) is 11.6 Å². The predicted octanol–water partition coefficient (Wildman–Crippen LogP) is 6.74. The first-order chi connectivity index (χ1) is 18.8. The minimum absolute atomic E-state index is 0.0514. The van der Waals surface area contributed by atoms with Gasteiger partial charge < -0.3 is 10.2 Å². The summed E-state index contributed by atoms with van der Waals surface area (Å²) in [5.41, 5.74) is 1.75. The van der Waals surface area contributed by atoms with Gasteiger partial charge in [-0.05, 0) is 59.5 Å². The maximum atomic E-state index is 13.8. The zero-order chi connectivity index (χ0) is 27.1. The Morgan fingerprint density at radius 3 is 2.38 bits per heavy atom. The Hall–Kier alpha value is -4.46. The van der Waals surface area contributed by atoms with Gasteiger partial charge in [-0.3, -0.25) is 9.59 Å². The summed E-state index contributed by atoms with van der Waals surface area (Å²) in [6, 6.07) is 30.8. The summed E-state index contributed by atoms with van der Waals surface area (Å²) in [7, 11) is -4.05. The van der Waals surface area contributed by atoms with Crippen LogP contribution in [0.4, 0.5) is 11.4 Å². The fourth-order valence-corrected chi connectivity index (χ4v) is 6.70. The van der Waals surface area contributed by atoms with E-state index in [2.05, 4.69) is 5.32 Å². The van der Waals surface area contributed by atoms with Gasteiger partial charge in [-0.2, -0.15) is 0 Å². The van der Waals surface area contributed by atoms with Gasteiger partial charge in [0.25, 0.3) is 11.8 Å². The lowest BCUT2D eigenvalue weighted by Gasteiger charge is -2.23. The normalized spacial score (nSPS) is 13.9. The first-order valence-electron chi connectivity index (χ1n) is 12.2. The summed E-state index contributed by atoms with van der Waals surface area (Å²) >= 11 is 6.19. The molecule has 0 unspecified atom stereocenters. The number of hydrogen-bond acceptors (Lipinski definition) is 4. The smallest absolute Gasteiger partial charge is 0.259 e. The lowest BCUT2D eigenvalue weighted by molar-refractivity contribution is 0.0979. The number of carbonyl (C=O) groups is 2. The molecule has 0 saturated heterocycles. The third-order valence-corrected chi connectivity index (χ3v) is 8.82. The van der Waals surface area contributed by atoms with Crippen LogP contribution in [0.15, 0.2) is 119 Å². The highest BCUT2D eigenvalue weighted by molar-refractivity contribution is 7.91. The predicted molar refractivity (Wildman–Crippen MR) is 152 cm³/mol. The van der Waals surface area contributed by atoms with Crippen LogP contribution in [-0.4, -0.2) is 20.2 Å². The molecule has 1 aliphatic rings. The number of carbonyl (C=O) groups excluding carboxylic acids is 2. The quantitative estimate of drug-likeness (QED) is 0.268. The van der Waals surface area contributed by atoms with Crippen LogP contribution < -0.4 is 10.2 Å². The van der Waals surface area contributed by atoms with Crippen molar-refractivity contribution in [1.82, 2.24) is 0 Å². The number of nitrogens with one attached hydrogen (secondary N) is 1. The number of nitrogens with zero attached hydrogens (tertiary/aromatic N) is 1. The molecule has 0 aliphatic carbocycles. The number of rotatable bonds is 4. The second-order valence-corrected chi connectivity index (χ2v) is 11.5. The molecule has 1 N–H and O–H groups in total. The molecule has 1 aliphatic heterocycles. The van der Waals surface area contributed by atoms with Crippen LogP contribution in [0.25, 0.3) is 10.8 Å². The first-order valence-corrected chi connectivity index (χ1v) is 14.0. The van der Waals surface area contributed by atoms with Crippen LogP contribution in [0.2, 0.25) is 5.02 Å². The zero-order valence-electron chi connectivity index (χ0n) is 20.5. The van der Waals surface area contributed by atoms with Crippen molar-refractivity contribution in [1.29, 1.82) is 0 Å². The molecule has 0 spiro atoms. The Balaban J connectivity index is 1.47. The molecule has 5 aromatic rings. The molecule has 2 amide bonds. The standard InChI is InChI=1S/C31H21ClN2O4S/c32-23-10-5-7-20(17-23)19-34-27-18-22(30(35)33-26-13-6-9-21-8-1-2-11-24(21)26)15-16-29(27)39(37,38)28-14-4-3-12-25(28)31(34)36/h1-18H,19H2,(H,33,35). The van der Waals surface area contributed by atoms with Crippen LogP contribution in [0, 0.1) is 0 Å². The number of anilines is 2. The number of fused-ring (bicyclic) bond motifs is 3. The molecule has 0 bridgehead atoms. The van der Waals surface area contributed by atoms with Gasteiger partial charge in [-0.25, -0.2) is 8.42 Å². The Bertz CT molecular complexity index is 1900. The highest BCUT2D eigenvalue weighted by Crippen LogP contribution is 2.38. The van der Waals surface area contributed by atoms with Gasteiger partial charge in [-0.15, -0.1) is 0 Å². The second kappa shape index (κ2) is 9.69. The highest BCUT2D eigenvalue weighted by Gasteiger charge is 2.36. The van der Waals surface area contributed by atoms with E-state index in [9.17, 15) is 18.0 Å². The van der Waals surface area contributed by atoms with Crippen molar-refractivity contribution in [3.05, 3.63) is 131 Å². The average Bonchev–Trinajstić information content (AvgIpc) is 3.01. The molecule has 0 aromatic heterocycles. The van der Waals surface area contributed by atoms with Crippen LogP contribution in [-0.2, 0) is 16.4 Å². The van der Waals surface area contributed by atoms with Crippen molar-refractivity contribution in [3.63, 3.8) is 0 Å². The summed E-state index contributed by atoms with van der Waals surface area (Å²) in [4.78, 5) is 28.5. The molecule has 0 saturated carbocycles. The number of hydrogen-bond donors (Lipinski definition) is 1. The minimum Gasteiger partial charge on any atom is -0.321 e. The first kappa shape index (κ1) is 24.9. The summed E-state index contributed by atoms with van der Waals surface area (Å²) in [5.74, 6) is -0.914. The fraction of sp³-hybridized carbons (Fsp3) is 0.0323. The van der Waals surface area contributed by atoms with E-state index in [1.165, 1.54) is 35.2 Å². The van der Waals surface area contributed by atoms with Crippen molar-refractivity contribution in [2.45, 2.75) is 16.3 Å². The number of halogens is 1. The maximum absolute atomic E-state index is 13.8. The summed E-state index contributed by atoms with van der Waals surface area (Å²) < 4.78 is 27.5. The molecular weight excluding hydrogens is 532 g/mol. The molecule has 39 heavy (non-hydrogen) atoms. The van der Waals surface area contributed by atoms with E-state index in [0.29, 0.717) is 16.3 Å². The molecule has 1 heterocycles. The van der Waals surface area contributed by atoms with E-state index in [1.54, 1.807) is 42.5 Å². The summed E-state index contributed by atoms with van der Waals surface area (Å²) in [5, 5.41) is 5.27. The van der Waals surface area contributed by atoms with Gasteiger partial charge in [0.2, 0.25) is 9.84 Å². The van der Waals surface area contributed by atoms with Crippen LogP contribution in [0.5, 0.6) is 0 Å². The summed E-state index contributed by atoms with van der Waals surface area (Å²) in [6.07, 6.45) is 0. The van der Waals surface area contributed by atoms with E-state index in [-0.39, 0.29) is 33.2 Å². The van der Waals surface area contributed by atoms with Crippen molar-refractivity contribution in [2.75, 3.05) is 10.2 Å². The van der Waals surface area contributed by atoms with Crippen molar-refractivity contribution < 1.29 is 18.0 Å². The van der Waals surface area contributed by atoms with Gasteiger partial charge in [0.15, 0.2) is 0 Å². The topological polar surface area (TPSA) is 83.6 Å². The average molecular weight is 553 g/mol. The van der Waals surface area contributed by atoms with E-state index >= 15 is 0 Å². The maximum Gasteiger partial charge on any atom is 0.259 e. The Morgan fingerprint density at radius 2 is 1.54 bits per heavy atom. The molecule has 6 rings (SSSR count). The molecule has 0 fully saturated rings. The van der Waals surface area contributed by atoms with Gasteiger partial charge in [0.1, 0.15) is 0 Å². The van der Waals surface area contributed by atoms with Crippen LogP contribution in [0.3, 0.4) is 0 Å². The van der Waals surface area contributed by atoms with E-state index in [1.807, 2.05) is 36.4 Å². The van der Waals surface area contributed by atoms with Crippen molar-refractivity contribution in [3.8, 4) is 0 Å². The number of benzene rings is 5. The molecule has 0 radical (unpaired) electrons. The molecule has 6 nitrogen and oxygen atoms in total. The van der Waals surface area contributed by atoms with Crippen LogP contribution >= 0.6 is 11.6 Å². The van der Waals surface area contributed by atoms with Gasteiger partial charge >= 0.3 is 0 Å². The van der Waals surface area contributed by atoms with Gasteiger partial charge in [-0.1, -0.05) is 72.3 Å². The highest BCUT2D eigenvalue weighted by atomic mass is 35.5. The SMILES string of the molecule is O=C(Nc1cccc2ccccc12)c1ccc2c(c1)N(Cc1cccc(Cl)c1)C(=O)c1ccccc1S2(=O)=O. The lowest BCUT2D eigenvalue weighted by Crippen LogP contribution is -2.30. The Kier molecular flexibility index (Phi) is 6.17. The molecule has 8 heteroatoms. The monoisotopic (exact) mass is 552 g/mol. The molecule has 0 atom stereocenters. The van der Waals surface area contributed by atoms with Gasteiger partial charge in [0.05, 0.1) is 27.6 Å². The molecule has 5 aromatic carbocycles. The minimum atomic E-state index is -4.05. The Morgan fingerprint density at radius 1 is 0.795 bits per heavy atom. The third-order valence-electron chi connectivity index (χ3n) is 6.72. The van der Waals surface area contributed by atoms with Gasteiger partial charge in [0, 0.05) is 21.7 Å². The summed E-state index contributed by atoms with van der Waals surface area (Å²) in [6.45, 7) is 0.0602. The van der Waals surface area contributed by atoms with Crippen LogP contribution in [0.1, 0.15) is 26.3 Å². The lowest BCUT2D eigenvalue weighted by atomic mass is 10.1. The number of sulfone groups is 1. The zero-order valence-corrected chi connectivity index (χ0v) is 22.0. The molecular formula is C31H21ClN2O4S. The van der Waals surface area contributed by atoms with Crippen molar-refractivity contribution in [2.24, 2.45) is 0 Å². The number of amides is 2. The van der Waals surface area contributed by atoms with E-state index < -0.39 is 21.7 Å². The van der Waals surface area contributed by atoms with Crippen molar-refractivity contribution >= 4 is 55.4 Å².